The van der Waals surface area contributed by atoms with Gasteiger partial charge in [0.15, 0.2) is 0 Å². The Morgan fingerprint density at radius 1 is 0.800 bits per heavy atom. The van der Waals surface area contributed by atoms with Gasteiger partial charge in [0, 0.05) is 17.8 Å². The van der Waals surface area contributed by atoms with Crippen LogP contribution < -0.4 is 5.43 Å². The first-order valence-corrected chi connectivity index (χ1v) is 8.42. The molecule has 0 aliphatic rings. The number of rotatable bonds is 0. The number of nitrogens with zero attached hydrogens (tertiary/aromatic N) is 2. The summed E-state index contributed by atoms with van der Waals surface area (Å²) in [5.41, 5.74) is 3.68. The molecule has 0 N–H and O–H groups in total. The molecule has 0 aliphatic heterocycles. The van der Waals surface area contributed by atoms with Crippen LogP contribution >= 0.6 is 11.6 Å². The third kappa shape index (κ3) is 1.93. The van der Waals surface area contributed by atoms with Gasteiger partial charge in [-0.25, -0.2) is 4.98 Å². The molecule has 3 nitrogen and oxygen atoms in total. The Bertz CT molecular complexity index is 1390. The summed E-state index contributed by atoms with van der Waals surface area (Å²) >= 11 is 6.43. The van der Waals surface area contributed by atoms with Crippen LogP contribution in [-0.2, 0) is 7.05 Å². The molecule has 0 unspecified atom stereocenters. The number of para-hydroxylation sites is 2. The molecule has 0 spiro atoms. The fourth-order valence-electron chi connectivity index (χ4n) is 3.60. The molecule has 0 amide bonds. The molecule has 0 saturated carbocycles. The number of benzene rings is 4. The van der Waals surface area contributed by atoms with E-state index in [1.165, 1.54) is 0 Å². The number of hydrogen-bond acceptors (Lipinski definition) is 2. The summed E-state index contributed by atoms with van der Waals surface area (Å²) in [6.07, 6.45) is 0. The van der Waals surface area contributed by atoms with Crippen LogP contribution in [0.4, 0.5) is 0 Å². The van der Waals surface area contributed by atoms with Crippen LogP contribution in [-0.4, -0.2) is 9.55 Å². The number of hydrogen-bond donors (Lipinski definition) is 0. The Balaban J connectivity index is 2.08. The fourth-order valence-corrected chi connectivity index (χ4v) is 3.86. The monoisotopic (exact) mass is 344 g/mol. The van der Waals surface area contributed by atoms with Crippen molar-refractivity contribution < 1.29 is 0 Å². The standard InChI is InChI=1S/C21H13ClN2O/c1-24-18-9-5-4-8-16(18)23-17-10-14-12-6-2-3-7-13(12)21(25)20(22)15(14)11-19(17)24/h2-11H,1H3. The van der Waals surface area contributed by atoms with Crippen molar-refractivity contribution in [1.82, 2.24) is 9.55 Å². The van der Waals surface area contributed by atoms with E-state index in [9.17, 15) is 4.79 Å². The Kier molecular flexibility index (Phi) is 2.91. The molecule has 120 valence electrons. The lowest BCUT2D eigenvalue weighted by atomic mass is 10.0. The highest BCUT2D eigenvalue weighted by Gasteiger charge is 2.13. The zero-order valence-corrected chi connectivity index (χ0v) is 14.2. The first kappa shape index (κ1) is 14.4. The summed E-state index contributed by atoms with van der Waals surface area (Å²) in [6, 6.07) is 19.6. The first-order chi connectivity index (χ1) is 12.1. The molecule has 0 atom stereocenters. The molecule has 4 heteroatoms. The third-order valence-corrected chi connectivity index (χ3v) is 5.23. The van der Waals surface area contributed by atoms with E-state index in [0.29, 0.717) is 5.39 Å². The maximum Gasteiger partial charge on any atom is 0.205 e. The van der Waals surface area contributed by atoms with Gasteiger partial charge < -0.3 is 4.57 Å². The molecule has 0 bridgehead atoms. The molecule has 1 aromatic heterocycles. The second-order valence-corrected chi connectivity index (χ2v) is 6.61. The summed E-state index contributed by atoms with van der Waals surface area (Å²) in [5.74, 6) is 0. The van der Waals surface area contributed by atoms with Crippen LogP contribution in [0.2, 0.25) is 5.02 Å². The van der Waals surface area contributed by atoms with Gasteiger partial charge in [-0.1, -0.05) is 48.0 Å². The van der Waals surface area contributed by atoms with E-state index < -0.39 is 0 Å². The maximum absolute atomic E-state index is 12.6. The zero-order chi connectivity index (χ0) is 17.1. The highest BCUT2D eigenvalue weighted by Crippen LogP contribution is 2.32. The van der Waals surface area contributed by atoms with Crippen LogP contribution in [0.5, 0.6) is 0 Å². The second-order valence-electron chi connectivity index (χ2n) is 6.23. The topological polar surface area (TPSA) is 34.9 Å². The van der Waals surface area contributed by atoms with Crippen LogP contribution in [0.1, 0.15) is 0 Å². The van der Waals surface area contributed by atoms with Gasteiger partial charge in [-0.05, 0) is 35.0 Å². The molecule has 0 aliphatic carbocycles. The minimum absolute atomic E-state index is 0.125. The smallest absolute Gasteiger partial charge is 0.205 e. The van der Waals surface area contributed by atoms with E-state index in [1.807, 2.05) is 67.7 Å². The van der Waals surface area contributed by atoms with E-state index in [1.54, 1.807) is 0 Å². The number of fused-ring (bicyclic) bond motifs is 5. The van der Waals surface area contributed by atoms with Crippen LogP contribution in [0.15, 0.2) is 65.5 Å². The number of halogens is 1. The Hall–Kier alpha value is -2.91. The van der Waals surface area contributed by atoms with Gasteiger partial charge >= 0.3 is 0 Å². The van der Waals surface area contributed by atoms with Crippen molar-refractivity contribution in [2.75, 3.05) is 0 Å². The Morgan fingerprint density at radius 3 is 2.36 bits per heavy atom. The van der Waals surface area contributed by atoms with Gasteiger partial charge in [0.2, 0.25) is 5.43 Å². The van der Waals surface area contributed by atoms with Crippen LogP contribution in [0, 0.1) is 0 Å². The van der Waals surface area contributed by atoms with Crippen LogP contribution in [0.3, 0.4) is 0 Å². The quantitative estimate of drug-likeness (QED) is 0.291. The predicted octanol–water partition coefficient (Wildman–Crippen LogP) is 5.05. The van der Waals surface area contributed by atoms with Crippen LogP contribution in [0.25, 0.3) is 43.6 Å². The molecule has 5 rings (SSSR count). The third-order valence-electron chi connectivity index (χ3n) is 4.86. The van der Waals surface area contributed by atoms with Crippen molar-refractivity contribution in [1.29, 1.82) is 0 Å². The highest BCUT2D eigenvalue weighted by molar-refractivity contribution is 6.38. The molecule has 4 aromatic carbocycles. The lowest BCUT2D eigenvalue weighted by Gasteiger charge is -2.12. The Labute approximate surface area is 148 Å². The predicted molar refractivity (Wildman–Crippen MR) is 105 cm³/mol. The van der Waals surface area contributed by atoms with Gasteiger partial charge in [0.25, 0.3) is 0 Å². The SMILES string of the molecule is Cn1c2ccccc2nc2cc3c(cc21)c(Cl)c(=O)c1ccccc13. The summed E-state index contributed by atoms with van der Waals surface area (Å²) in [6.45, 7) is 0. The van der Waals surface area contributed by atoms with Crippen molar-refractivity contribution in [3.05, 3.63) is 75.9 Å². The number of aromatic nitrogens is 2. The molecular formula is C21H13ClN2O. The molecule has 25 heavy (non-hydrogen) atoms. The van der Waals surface area contributed by atoms with Gasteiger partial charge in [-0.2, -0.15) is 0 Å². The molecule has 1 heterocycles. The summed E-state index contributed by atoms with van der Waals surface area (Å²) < 4.78 is 2.09. The zero-order valence-electron chi connectivity index (χ0n) is 13.5. The van der Waals surface area contributed by atoms with Crippen molar-refractivity contribution >= 4 is 55.2 Å². The second kappa shape index (κ2) is 5.04. The summed E-state index contributed by atoms with van der Waals surface area (Å²) in [4.78, 5) is 17.4. The largest absolute Gasteiger partial charge is 0.341 e. The van der Waals surface area contributed by atoms with Crippen molar-refractivity contribution in [2.24, 2.45) is 7.05 Å². The van der Waals surface area contributed by atoms with E-state index in [0.717, 1.165) is 38.2 Å². The van der Waals surface area contributed by atoms with Crippen molar-refractivity contribution in [3.63, 3.8) is 0 Å². The fraction of sp³-hybridized carbons (Fsp3) is 0.0476. The van der Waals surface area contributed by atoms with Gasteiger partial charge in [-0.3, -0.25) is 4.79 Å². The van der Waals surface area contributed by atoms with E-state index >= 15 is 0 Å². The lowest BCUT2D eigenvalue weighted by Crippen LogP contribution is -2.04. The van der Waals surface area contributed by atoms with Gasteiger partial charge in [0.05, 0.1) is 27.1 Å². The average Bonchev–Trinajstić information content (AvgIpc) is 2.65. The number of aryl methyl sites for hydroxylation is 1. The van der Waals surface area contributed by atoms with E-state index in [2.05, 4.69) is 4.57 Å². The lowest BCUT2D eigenvalue weighted by molar-refractivity contribution is 0.997. The minimum Gasteiger partial charge on any atom is -0.341 e. The molecular weight excluding hydrogens is 332 g/mol. The molecule has 0 radical (unpaired) electrons. The molecule has 0 fully saturated rings. The van der Waals surface area contributed by atoms with E-state index in [4.69, 9.17) is 16.6 Å². The van der Waals surface area contributed by atoms with Gasteiger partial charge in [0.1, 0.15) is 0 Å². The average molecular weight is 345 g/mol. The first-order valence-electron chi connectivity index (χ1n) is 8.04. The van der Waals surface area contributed by atoms with Crippen molar-refractivity contribution in [2.45, 2.75) is 0 Å². The van der Waals surface area contributed by atoms with Crippen molar-refractivity contribution in [3.8, 4) is 0 Å². The van der Waals surface area contributed by atoms with E-state index in [-0.39, 0.29) is 10.5 Å². The van der Waals surface area contributed by atoms with Gasteiger partial charge in [-0.15, -0.1) is 0 Å². The highest BCUT2D eigenvalue weighted by atomic mass is 35.5. The summed E-state index contributed by atoms with van der Waals surface area (Å²) in [5, 5.41) is 3.54. The maximum atomic E-state index is 12.6. The Morgan fingerprint density at radius 2 is 1.52 bits per heavy atom. The summed E-state index contributed by atoms with van der Waals surface area (Å²) in [7, 11) is 2.01. The molecule has 5 aromatic rings. The minimum atomic E-state index is -0.125. The normalized spacial score (nSPS) is 11.8. The molecule has 0 saturated heterocycles.